The summed E-state index contributed by atoms with van der Waals surface area (Å²) in [5.74, 6) is -3.17. The Morgan fingerprint density at radius 3 is 2.51 bits per heavy atom. The third-order valence-corrected chi connectivity index (χ3v) is 7.57. The summed E-state index contributed by atoms with van der Waals surface area (Å²) in [5, 5.41) is 20.3. The first kappa shape index (κ1) is 34.1. The number of aliphatic hydroxyl groups is 2. The zero-order chi connectivity index (χ0) is 33.9. The number of carbonyl (C=O) groups excluding carboxylic acids is 1. The van der Waals surface area contributed by atoms with Gasteiger partial charge in [-0.2, -0.15) is 13.8 Å². The molecular weight excluding hydrogens is 653 g/mol. The maximum absolute atomic E-state index is 14.6. The van der Waals surface area contributed by atoms with Gasteiger partial charge in [0.2, 0.25) is 6.23 Å². The number of alkyl halides is 2. The predicted molar refractivity (Wildman–Crippen MR) is 154 cm³/mol. The largest absolute Gasteiger partial charge is 0.497 e. The fraction of sp³-hybridized carbons (Fsp3) is 0.345. The highest BCUT2D eigenvalue weighted by Gasteiger charge is 2.60. The number of benzene rings is 2. The van der Waals surface area contributed by atoms with Crippen molar-refractivity contribution >= 4 is 24.8 Å². The molecule has 1 fully saturated rings. The van der Waals surface area contributed by atoms with Crippen molar-refractivity contribution in [2.45, 2.75) is 50.6 Å². The van der Waals surface area contributed by atoms with Crippen LogP contribution in [-0.4, -0.2) is 67.4 Å². The Hall–Kier alpha value is -4.22. The summed E-state index contributed by atoms with van der Waals surface area (Å²) >= 11 is 0. The van der Waals surface area contributed by atoms with Gasteiger partial charge in [-0.1, -0.05) is 12.1 Å². The Labute approximate surface area is 264 Å². The average Bonchev–Trinajstić information content (AvgIpc) is 3.54. The van der Waals surface area contributed by atoms with Gasteiger partial charge in [0.1, 0.15) is 42.2 Å². The van der Waals surface area contributed by atoms with Gasteiger partial charge in [-0.05, 0) is 42.0 Å². The molecule has 1 saturated heterocycles. The van der Waals surface area contributed by atoms with E-state index in [0.717, 1.165) is 17.6 Å². The van der Waals surface area contributed by atoms with E-state index >= 15 is 0 Å². The van der Waals surface area contributed by atoms with Crippen molar-refractivity contribution < 1.29 is 66.0 Å². The second kappa shape index (κ2) is 13.9. The second-order valence-electron chi connectivity index (χ2n) is 10.4. The normalized spacial score (nSPS) is 19.2. The molecular formula is C29H29F2N2O13P. The molecule has 3 atom stereocenters. The molecule has 15 nitrogen and oxygen atoms in total. The minimum absolute atomic E-state index is 0.0848. The molecule has 4 N–H and O–H groups in total. The Balaban J connectivity index is 1.12. The van der Waals surface area contributed by atoms with Gasteiger partial charge >= 0.3 is 25.4 Å². The van der Waals surface area contributed by atoms with Gasteiger partial charge in [-0.25, -0.2) is 9.36 Å². The molecule has 252 valence electrons. The third-order valence-electron chi connectivity index (χ3n) is 7.08. The fourth-order valence-corrected chi connectivity index (χ4v) is 5.10. The van der Waals surface area contributed by atoms with Crippen LogP contribution in [-0.2, 0) is 49.6 Å². The van der Waals surface area contributed by atoms with Crippen LogP contribution in [0.5, 0.6) is 11.5 Å². The summed E-state index contributed by atoms with van der Waals surface area (Å²) in [6.07, 6.45) is -6.31. The fourth-order valence-electron chi connectivity index (χ4n) is 4.76. The summed E-state index contributed by atoms with van der Waals surface area (Å²) in [7, 11) is -3.51. The molecule has 1 aliphatic heterocycles. The van der Waals surface area contributed by atoms with Crippen LogP contribution in [0.2, 0.25) is 0 Å². The number of carbonyl (C=O) groups is 1. The van der Waals surface area contributed by atoms with E-state index in [-0.39, 0.29) is 25.5 Å². The molecule has 0 bridgehead atoms. The van der Waals surface area contributed by atoms with Gasteiger partial charge in [0, 0.05) is 17.1 Å². The molecule has 0 aliphatic carbocycles. The van der Waals surface area contributed by atoms with Crippen LogP contribution < -0.4 is 15.2 Å². The molecule has 2 aromatic carbocycles. The van der Waals surface area contributed by atoms with E-state index in [1.807, 2.05) is 0 Å². The van der Waals surface area contributed by atoms with E-state index in [2.05, 4.69) is 9.51 Å². The first-order valence-electron chi connectivity index (χ1n) is 13.8. The van der Waals surface area contributed by atoms with E-state index in [0.29, 0.717) is 38.5 Å². The minimum Gasteiger partial charge on any atom is -0.497 e. The summed E-state index contributed by atoms with van der Waals surface area (Å²) in [5.41, 5.74) is 0.424. The number of esters is 1. The van der Waals surface area contributed by atoms with Crippen molar-refractivity contribution in [1.82, 2.24) is 9.55 Å². The number of ether oxygens (including phenoxy) is 4. The Bertz CT molecular complexity index is 1840. The van der Waals surface area contributed by atoms with Gasteiger partial charge < -0.3 is 43.4 Å². The molecule has 0 spiro atoms. The van der Waals surface area contributed by atoms with E-state index in [1.165, 1.54) is 7.11 Å². The summed E-state index contributed by atoms with van der Waals surface area (Å²) in [6, 6.07) is 13.0. The Morgan fingerprint density at radius 1 is 1.11 bits per heavy atom. The number of phosphoric ester groups is 1. The van der Waals surface area contributed by atoms with Crippen molar-refractivity contribution in [2.24, 2.45) is 0 Å². The molecule has 0 unspecified atom stereocenters. The molecule has 5 rings (SSSR count). The van der Waals surface area contributed by atoms with Gasteiger partial charge in [0.25, 0.3) is 0 Å². The molecule has 1 aliphatic rings. The monoisotopic (exact) mass is 682 g/mol. The molecule has 47 heavy (non-hydrogen) atoms. The van der Waals surface area contributed by atoms with Crippen LogP contribution in [0.15, 0.2) is 63.9 Å². The zero-order valence-corrected chi connectivity index (χ0v) is 25.4. The SMILES string of the molecule is COc1cc(CO)c2oc(COc3ccc(COC(=O)Cc4ccn([C@@H]5O[C@H](COP(=O)(O)O)[C@@H](O)C5(F)F)c(=O)n4)cc3)cc2c1. The lowest BCUT2D eigenvalue weighted by atomic mass is 10.1. The number of methoxy groups -OCH3 is 1. The predicted octanol–water partition coefficient (Wildman–Crippen LogP) is 2.36. The Morgan fingerprint density at radius 2 is 1.85 bits per heavy atom. The van der Waals surface area contributed by atoms with Crippen LogP contribution >= 0.6 is 7.82 Å². The summed E-state index contributed by atoms with van der Waals surface area (Å²) in [6.45, 7) is -1.30. The number of hydrogen-bond donors (Lipinski definition) is 4. The summed E-state index contributed by atoms with van der Waals surface area (Å²) in [4.78, 5) is 46.1. The zero-order valence-electron chi connectivity index (χ0n) is 24.5. The standard InChI is InChI=1S/C29H29F2N2O13P/c1-41-21-8-17-9-22(45-25(17)18(10-21)12-34)14-42-20-4-2-16(3-5-20)13-43-24(35)11-19-6-7-33(28(37)32-19)27-29(30,31)26(36)23(46-27)15-44-47(38,39)40/h2-10,23,26-27,34,36H,11-15H2,1H3,(H2,38,39,40)/t23-,26-,27-/m1/s1. The maximum Gasteiger partial charge on any atom is 0.469 e. The number of rotatable bonds is 13. The molecule has 2 aromatic heterocycles. The Kier molecular flexibility index (Phi) is 10.1. The average molecular weight is 683 g/mol. The van der Waals surface area contributed by atoms with Crippen LogP contribution in [0, 0.1) is 0 Å². The molecule has 18 heteroatoms. The minimum atomic E-state index is -5.04. The number of aromatic nitrogens is 2. The number of phosphoric acid groups is 1. The van der Waals surface area contributed by atoms with E-state index < -0.39 is 56.9 Å². The molecule has 0 saturated carbocycles. The van der Waals surface area contributed by atoms with Crippen LogP contribution in [0.1, 0.15) is 28.8 Å². The van der Waals surface area contributed by atoms with Crippen molar-refractivity contribution in [3.8, 4) is 11.5 Å². The highest BCUT2D eigenvalue weighted by Crippen LogP contribution is 2.44. The lowest BCUT2D eigenvalue weighted by molar-refractivity contribution is -0.144. The number of aliphatic hydroxyl groups excluding tert-OH is 2. The van der Waals surface area contributed by atoms with Crippen LogP contribution in [0.25, 0.3) is 11.0 Å². The van der Waals surface area contributed by atoms with Crippen molar-refractivity contribution in [2.75, 3.05) is 13.7 Å². The summed E-state index contributed by atoms with van der Waals surface area (Å²) < 4.78 is 71.7. The molecule has 0 radical (unpaired) electrons. The van der Waals surface area contributed by atoms with Crippen LogP contribution in [0.3, 0.4) is 0 Å². The lowest BCUT2D eigenvalue weighted by Crippen LogP contribution is -2.42. The van der Waals surface area contributed by atoms with Crippen molar-refractivity contribution in [1.29, 1.82) is 0 Å². The van der Waals surface area contributed by atoms with E-state index in [1.54, 1.807) is 42.5 Å². The topological polar surface area (TPSA) is 209 Å². The lowest BCUT2D eigenvalue weighted by Gasteiger charge is -2.21. The number of furan rings is 1. The third kappa shape index (κ3) is 8.02. The highest BCUT2D eigenvalue weighted by molar-refractivity contribution is 7.46. The maximum atomic E-state index is 14.6. The smallest absolute Gasteiger partial charge is 0.469 e. The first-order valence-corrected chi connectivity index (χ1v) is 15.4. The molecule has 4 aromatic rings. The van der Waals surface area contributed by atoms with Crippen molar-refractivity contribution in [3.63, 3.8) is 0 Å². The highest BCUT2D eigenvalue weighted by atomic mass is 31.2. The van der Waals surface area contributed by atoms with Gasteiger partial charge in [0.15, 0.2) is 6.10 Å². The second-order valence-corrected chi connectivity index (χ2v) is 11.6. The van der Waals surface area contributed by atoms with E-state index in [4.69, 9.17) is 33.2 Å². The molecule has 3 heterocycles. The number of fused-ring (bicyclic) bond motifs is 1. The van der Waals surface area contributed by atoms with Crippen molar-refractivity contribution in [3.05, 3.63) is 87.8 Å². The number of halogens is 2. The number of nitrogens with zero attached hydrogens (tertiary/aromatic N) is 2. The van der Waals surface area contributed by atoms with Gasteiger partial charge in [-0.15, -0.1) is 0 Å². The molecule has 0 amide bonds. The van der Waals surface area contributed by atoms with Crippen LogP contribution in [0.4, 0.5) is 8.78 Å². The number of hydrogen-bond acceptors (Lipinski definition) is 12. The quantitative estimate of drug-likeness (QED) is 0.118. The van der Waals surface area contributed by atoms with E-state index in [9.17, 15) is 33.1 Å². The first-order chi connectivity index (χ1) is 22.3. The van der Waals surface area contributed by atoms with Gasteiger partial charge in [-0.3, -0.25) is 13.9 Å². The van der Waals surface area contributed by atoms with Gasteiger partial charge in [0.05, 0.1) is 32.4 Å².